The van der Waals surface area contributed by atoms with E-state index in [9.17, 15) is 4.79 Å². The first-order valence-corrected chi connectivity index (χ1v) is 11.2. The lowest BCUT2D eigenvalue weighted by atomic mass is 9.89. The van der Waals surface area contributed by atoms with Crippen LogP contribution < -0.4 is 5.32 Å². The molecule has 9 nitrogen and oxygen atoms in total. The summed E-state index contributed by atoms with van der Waals surface area (Å²) < 4.78 is 11.2. The fourth-order valence-electron chi connectivity index (χ4n) is 4.89. The van der Waals surface area contributed by atoms with Gasteiger partial charge >= 0.3 is 5.97 Å². The highest BCUT2D eigenvalue weighted by atomic mass is 16.5. The molecule has 0 aliphatic carbocycles. The van der Waals surface area contributed by atoms with Crippen molar-refractivity contribution < 1.29 is 13.9 Å². The molecule has 1 aromatic carbocycles. The fraction of sp³-hybridized carbons (Fsp3) is 0.400. The Hall–Kier alpha value is -3.61. The van der Waals surface area contributed by atoms with Gasteiger partial charge in [-0.1, -0.05) is 6.07 Å². The molecular formula is C25H26N6O3. The molecular weight excluding hydrogens is 432 g/mol. The zero-order chi connectivity index (χ0) is 24.0. The van der Waals surface area contributed by atoms with Crippen molar-refractivity contribution in [1.82, 2.24) is 25.4 Å². The summed E-state index contributed by atoms with van der Waals surface area (Å²) in [5.74, 6) is 0.606. The second-order valence-electron chi connectivity index (χ2n) is 9.63. The molecule has 174 valence electrons. The molecule has 3 aromatic rings. The van der Waals surface area contributed by atoms with E-state index in [1.165, 1.54) is 11.8 Å². The molecule has 2 aliphatic heterocycles. The van der Waals surface area contributed by atoms with Crippen LogP contribution in [0.4, 0.5) is 0 Å². The van der Waals surface area contributed by atoms with E-state index in [2.05, 4.69) is 52.2 Å². The number of benzene rings is 1. The van der Waals surface area contributed by atoms with Crippen LogP contribution >= 0.6 is 0 Å². The molecule has 0 bridgehead atoms. The van der Waals surface area contributed by atoms with Crippen LogP contribution in [0.15, 0.2) is 28.8 Å². The predicted octanol–water partition coefficient (Wildman–Crippen LogP) is 3.22. The van der Waals surface area contributed by atoms with Crippen molar-refractivity contribution in [3.05, 3.63) is 63.7 Å². The Balaban J connectivity index is 1.36. The van der Waals surface area contributed by atoms with Gasteiger partial charge in [-0.2, -0.15) is 5.26 Å². The van der Waals surface area contributed by atoms with E-state index in [0.717, 1.165) is 29.8 Å². The highest BCUT2D eigenvalue weighted by Gasteiger charge is 2.35. The predicted molar refractivity (Wildman–Crippen MR) is 123 cm³/mol. The number of ether oxygens (including phenoxy) is 1. The minimum absolute atomic E-state index is 0.0787. The number of aryl methyl sites for hydroxylation is 1. The second kappa shape index (κ2) is 8.31. The van der Waals surface area contributed by atoms with E-state index in [1.54, 1.807) is 6.07 Å². The highest BCUT2D eigenvalue weighted by molar-refractivity contribution is 5.94. The van der Waals surface area contributed by atoms with E-state index in [1.807, 2.05) is 19.1 Å². The third-order valence-electron chi connectivity index (χ3n) is 6.48. The van der Waals surface area contributed by atoms with Crippen molar-refractivity contribution >= 4 is 5.97 Å². The van der Waals surface area contributed by atoms with Crippen molar-refractivity contribution in [2.75, 3.05) is 13.1 Å². The third-order valence-corrected chi connectivity index (χ3v) is 6.48. The number of piperazine rings is 1. The number of nitrogens with one attached hydrogen (secondary N) is 1. The molecule has 5 rings (SSSR count). The molecule has 1 N–H and O–H groups in total. The summed E-state index contributed by atoms with van der Waals surface area (Å²) in [5, 5.41) is 21.3. The van der Waals surface area contributed by atoms with Gasteiger partial charge in [0.25, 0.3) is 5.89 Å². The lowest BCUT2D eigenvalue weighted by Crippen LogP contribution is -2.58. The Kier molecular flexibility index (Phi) is 5.42. The Morgan fingerprint density at radius 3 is 2.88 bits per heavy atom. The lowest BCUT2D eigenvalue weighted by molar-refractivity contribution is 0.0535. The van der Waals surface area contributed by atoms with E-state index in [0.29, 0.717) is 41.8 Å². The number of hydrogen-bond acceptors (Lipinski definition) is 9. The molecule has 0 saturated carbocycles. The van der Waals surface area contributed by atoms with Crippen molar-refractivity contribution in [3.8, 4) is 17.7 Å². The van der Waals surface area contributed by atoms with Gasteiger partial charge < -0.3 is 14.5 Å². The van der Waals surface area contributed by atoms with E-state index in [4.69, 9.17) is 14.4 Å². The van der Waals surface area contributed by atoms with Crippen LogP contribution in [0.2, 0.25) is 0 Å². The third kappa shape index (κ3) is 4.06. The standard InChI is InChI=1S/C25H26N6O3/c1-14-7-20(27-9-16(14)8-26)23-30-29-22(34-23)11-31-10-21(28-25(3,4)13-31)17-5-6-18-19(15(17)2)12-33-24(18)32/h5-7,9,21,28H,10-13H2,1-4H3. The molecule has 1 fully saturated rings. The quantitative estimate of drug-likeness (QED) is 0.588. The fourth-order valence-corrected chi connectivity index (χ4v) is 4.89. The minimum atomic E-state index is -0.248. The van der Waals surface area contributed by atoms with Crippen LogP contribution in [-0.2, 0) is 17.9 Å². The van der Waals surface area contributed by atoms with Crippen LogP contribution in [0.3, 0.4) is 0 Å². The number of pyridine rings is 1. The van der Waals surface area contributed by atoms with Crippen molar-refractivity contribution in [3.63, 3.8) is 0 Å². The second-order valence-corrected chi connectivity index (χ2v) is 9.63. The number of aromatic nitrogens is 3. The number of hydrogen-bond donors (Lipinski definition) is 1. The average Bonchev–Trinajstić information content (AvgIpc) is 3.40. The molecule has 1 saturated heterocycles. The highest BCUT2D eigenvalue weighted by Crippen LogP contribution is 2.32. The maximum Gasteiger partial charge on any atom is 0.338 e. The largest absolute Gasteiger partial charge is 0.457 e. The van der Waals surface area contributed by atoms with Gasteiger partial charge in [-0.05, 0) is 56.5 Å². The first kappa shape index (κ1) is 22.2. The molecule has 2 aromatic heterocycles. The van der Waals surface area contributed by atoms with Gasteiger partial charge in [0.1, 0.15) is 18.4 Å². The Morgan fingerprint density at radius 1 is 1.29 bits per heavy atom. The number of nitrogens with zero attached hydrogens (tertiary/aromatic N) is 5. The van der Waals surface area contributed by atoms with Gasteiger partial charge in [0.2, 0.25) is 5.89 Å². The first-order chi connectivity index (χ1) is 16.2. The molecule has 0 amide bonds. The van der Waals surface area contributed by atoms with Gasteiger partial charge in [0.15, 0.2) is 0 Å². The van der Waals surface area contributed by atoms with Gasteiger partial charge in [-0.25, -0.2) is 9.78 Å². The Morgan fingerprint density at radius 2 is 2.12 bits per heavy atom. The number of esters is 1. The number of carbonyl (C=O) groups is 1. The van der Waals surface area contributed by atoms with Gasteiger partial charge in [0, 0.05) is 36.4 Å². The van der Waals surface area contributed by atoms with Gasteiger partial charge in [0.05, 0.1) is 17.7 Å². The van der Waals surface area contributed by atoms with Crippen molar-refractivity contribution in [2.45, 2.75) is 52.4 Å². The van der Waals surface area contributed by atoms with Crippen LogP contribution in [0.1, 0.15) is 64.0 Å². The number of rotatable bonds is 4. The summed E-state index contributed by atoms with van der Waals surface area (Å²) in [6.07, 6.45) is 1.52. The average molecular weight is 459 g/mol. The molecule has 0 radical (unpaired) electrons. The summed E-state index contributed by atoms with van der Waals surface area (Å²) in [4.78, 5) is 18.5. The minimum Gasteiger partial charge on any atom is -0.457 e. The smallest absolute Gasteiger partial charge is 0.338 e. The van der Waals surface area contributed by atoms with Crippen molar-refractivity contribution in [2.24, 2.45) is 0 Å². The van der Waals surface area contributed by atoms with E-state index in [-0.39, 0.29) is 17.6 Å². The Bertz CT molecular complexity index is 1320. The first-order valence-electron chi connectivity index (χ1n) is 11.2. The molecule has 0 spiro atoms. The summed E-state index contributed by atoms with van der Waals surface area (Å²) in [6, 6.07) is 7.88. The van der Waals surface area contributed by atoms with Crippen LogP contribution in [-0.4, -0.2) is 44.7 Å². The van der Waals surface area contributed by atoms with Crippen LogP contribution in [0.25, 0.3) is 11.6 Å². The van der Waals surface area contributed by atoms with Gasteiger partial charge in [-0.15, -0.1) is 10.2 Å². The number of cyclic esters (lactones) is 1. The number of carbonyl (C=O) groups excluding carboxylic acids is 1. The normalized spacial score (nSPS) is 19.5. The zero-order valence-corrected chi connectivity index (χ0v) is 19.7. The summed E-state index contributed by atoms with van der Waals surface area (Å²) >= 11 is 0. The number of nitriles is 1. The zero-order valence-electron chi connectivity index (χ0n) is 19.7. The molecule has 1 unspecified atom stereocenters. The van der Waals surface area contributed by atoms with Crippen LogP contribution in [0.5, 0.6) is 0 Å². The van der Waals surface area contributed by atoms with Crippen molar-refractivity contribution in [1.29, 1.82) is 5.26 Å². The Labute approximate surface area is 197 Å². The summed E-state index contributed by atoms with van der Waals surface area (Å²) in [6.45, 7) is 10.7. The summed E-state index contributed by atoms with van der Waals surface area (Å²) in [7, 11) is 0. The molecule has 4 heterocycles. The molecule has 1 atom stereocenters. The maximum atomic E-state index is 11.9. The lowest BCUT2D eigenvalue weighted by Gasteiger charge is -2.44. The topological polar surface area (TPSA) is 117 Å². The number of fused-ring (bicyclic) bond motifs is 1. The SMILES string of the molecule is Cc1cc(-c2nnc(CN3CC(c4ccc5c(c4C)COC5=O)NC(C)(C)C3)o2)ncc1C#N. The van der Waals surface area contributed by atoms with E-state index < -0.39 is 0 Å². The monoisotopic (exact) mass is 458 g/mol. The van der Waals surface area contributed by atoms with Crippen LogP contribution in [0, 0.1) is 25.2 Å². The molecule has 34 heavy (non-hydrogen) atoms. The molecule has 9 heteroatoms. The molecule has 2 aliphatic rings. The summed E-state index contributed by atoms with van der Waals surface area (Å²) in [5.41, 5.74) is 5.66. The van der Waals surface area contributed by atoms with Gasteiger partial charge in [-0.3, -0.25) is 4.90 Å². The van der Waals surface area contributed by atoms with E-state index >= 15 is 0 Å². The maximum absolute atomic E-state index is 11.9.